The Balaban J connectivity index is 0.00000208. The highest BCUT2D eigenvalue weighted by Gasteiger charge is 2.09. The standard InChI is InChI=1S/C19H22N2O2.ClH/c1-15-8-10-16(11-9-15)23-13-5-12-21-18-7-4-3-6-17(18)20-19(21)14-22-2;/h3-4,6-11H,5,12-14H2,1-2H3;1H. The summed E-state index contributed by atoms with van der Waals surface area (Å²) in [5.41, 5.74) is 3.40. The van der Waals surface area contributed by atoms with E-state index in [9.17, 15) is 0 Å². The molecular weight excluding hydrogens is 324 g/mol. The molecule has 3 aromatic rings. The van der Waals surface area contributed by atoms with E-state index >= 15 is 0 Å². The second-order valence-corrected chi connectivity index (χ2v) is 5.62. The molecule has 128 valence electrons. The summed E-state index contributed by atoms with van der Waals surface area (Å²) in [4.78, 5) is 4.65. The van der Waals surface area contributed by atoms with Crippen LogP contribution in [-0.4, -0.2) is 23.3 Å². The molecule has 0 unspecified atom stereocenters. The Morgan fingerprint density at radius 3 is 2.54 bits per heavy atom. The molecule has 24 heavy (non-hydrogen) atoms. The van der Waals surface area contributed by atoms with E-state index in [0.29, 0.717) is 13.2 Å². The Bertz CT molecular complexity index is 769. The van der Waals surface area contributed by atoms with Crippen molar-refractivity contribution in [1.29, 1.82) is 0 Å². The second-order valence-electron chi connectivity index (χ2n) is 5.62. The predicted octanol–water partition coefficient (Wildman–Crippen LogP) is 4.38. The molecule has 0 saturated heterocycles. The molecule has 4 nitrogen and oxygen atoms in total. The maximum absolute atomic E-state index is 5.81. The third-order valence-corrected chi connectivity index (χ3v) is 3.82. The molecule has 5 heteroatoms. The summed E-state index contributed by atoms with van der Waals surface area (Å²) < 4.78 is 13.3. The first-order valence-electron chi connectivity index (χ1n) is 7.90. The van der Waals surface area contributed by atoms with Crippen molar-refractivity contribution in [2.45, 2.75) is 26.5 Å². The molecular formula is C19H23ClN2O2. The summed E-state index contributed by atoms with van der Waals surface area (Å²) >= 11 is 0. The third kappa shape index (κ3) is 4.28. The first-order valence-corrected chi connectivity index (χ1v) is 7.90. The average Bonchev–Trinajstić information content (AvgIpc) is 2.91. The van der Waals surface area contributed by atoms with Crippen LogP contribution < -0.4 is 4.74 Å². The highest BCUT2D eigenvalue weighted by atomic mass is 35.5. The molecule has 2 aromatic carbocycles. The van der Waals surface area contributed by atoms with E-state index in [1.807, 2.05) is 30.3 Å². The molecule has 0 N–H and O–H groups in total. The average molecular weight is 347 g/mol. The van der Waals surface area contributed by atoms with E-state index in [2.05, 4.69) is 34.7 Å². The highest BCUT2D eigenvalue weighted by Crippen LogP contribution is 2.17. The highest BCUT2D eigenvalue weighted by molar-refractivity contribution is 5.85. The number of hydrogen-bond acceptors (Lipinski definition) is 3. The number of rotatable bonds is 7. The molecule has 0 bridgehead atoms. The number of nitrogens with zero attached hydrogens (tertiary/aromatic N) is 2. The zero-order chi connectivity index (χ0) is 16.1. The third-order valence-electron chi connectivity index (χ3n) is 3.82. The molecule has 0 aliphatic rings. The number of benzene rings is 2. The second kappa shape index (κ2) is 8.71. The normalized spacial score (nSPS) is 10.6. The van der Waals surface area contributed by atoms with Crippen LogP contribution in [0.4, 0.5) is 0 Å². The Kier molecular flexibility index (Phi) is 6.64. The van der Waals surface area contributed by atoms with Gasteiger partial charge in [0.15, 0.2) is 0 Å². The molecule has 0 saturated carbocycles. The van der Waals surface area contributed by atoms with Gasteiger partial charge in [-0.3, -0.25) is 0 Å². The van der Waals surface area contributed by atoms with Crippen LogP contribution in [-0.2, 0) is 17.9 Å². The fourth-order valence-corrected chi connectivity index (χ4v) is 2.66. The van der Waals surface area contributed by atoms with Crippen molar-refractivity contribution in [2.75, 3.05) is 13.7 Å². The quantitative estimate of drug-likeness (QED) is 0.595. The van der Waals surface area contributed by atoms with E-state index in [-0.39, 0.29) is 12.4 Å². The molecule has 0 fully saturated rings. The van der Waals surface area contributed by atoms with Gasteiger partial charge in [-0.25, -0.2) is 4.98 Å². The topological polar surface area (TPSA) is 36.3 Å². The summed E-state index contributed by atoms with van der Waals surface area (Å²) in [7, 11) is 1.70. The van der Waals surface area contributed by atoms with Crippen LogP contribution >= 0.6 is 12.4 Å². The van der Waals surface area contributed by atoms with Gasteiger partial charge in [0, 0.05) is 13.7 Å². The maximum Gasteiger partial charge on any atom is 0.135 e. The minimum Gasteiger partial charge on any atom is -0.494 e. The van der Waals surface area contributed by atoms with Gasteiger partial charge in [0.25, 0.3) is 0 Å². The molecule has 1 heterocycles. The molecule has 0 aliphatic carbocycles. The number of fused-ring (bicyclic) bond motifs is 1. The minimum atomic E-state index is 0. The van der Waals surface area contributed by atoms with Crippen LogP contribution in [0.5, 0.6) is 5.75 Å². The van der Waals surface area contributed by atoms with Gasteiger partial charge in [-0.05, 0) is 37.6 Å². The van der Waals surface area contributed by atoms with Gasteiger partial charge < -0.3 is 14.0 Å². The largest absolute Gasteiger partial charge is 0.494 e. The van der Waals surface area contributed by atoms with Gasteiger partial charge in [-0.1, -0.05) is 29.8 Å². The van der Waals surface area contributed by atoms with Crippen molar-refractivity contribution in [3.05, 3.63) is 59.9 Å². The summed E-state index contributed by atoms with van der Waals surface area (Å²) in [6, 6.07) is 16.3. The maximum atomic E-state index is 5.81. The summed E-state index contributed by atoms with van der Waals surface area (Å²) in [6.45, 7) is 4.14. The summed E-state index contributed by atoms with van der Waals surface area (Å²) in [5, 5.41) is 0. The minimum absolute atomic E-state index is 0. The number of hydrogen-bond donors (Lipinski definition) is 0. The number of aromatic nitrogens is 2. The van der Waals surface area contributed by atoms with Crippen molar-refractivity contribution in [3.63, 3.8) is 0 Å². The molecule has 1 aromatic heterocycles. The Labute approximate surface area is 148 Å². The predicted molar refractivity (Wildman–Crippen MR) is 99.0 cm³/mol. The number of ether oxygens (including phenoxy) is 2. The summed E-state index contributed by atoms with van der Waals surface area (Å²) in [6.07, 6.45) is 0.922. The van der Waals surface area contributed by atoms with Crippen LogP contribution in [0.1, 0.15) is 17.8 Å². The smallest absolute Gasteiger partial charge is 0.135 e. The van der Waals surface area contributed by atoms with Crippen LogP contribution in [0, 0.1) is 6.92 Å². The van der Waals surface area contributed by atoms with Crippen molar-refractivity contribution in [3.8, 4) is 5.75 Å². The molecule has 0 aliphatic heterocycles. The van der Waals surface area contributed by atoms with Crippen LogP contribution in [0.15, 0.2) is 48.5 Å². The van der Waals surface area contributed by atoms with Crippen molar-refractivity contribution in [2.24, 2.45) is 0 Å². The lowest BCUT2D eigenvalue weighted by atomic mass is 10.2. The number of para-hydroxylation sites is 2. The molecule has 0 atom stereocenters. The first kappa shape index (κ1) is 18.3. The molecule has 0 radical (unpaired) electrons. The SMILES string of the molecule is COCc1nc2ccccc2n1CCCOc1ccc(C)cc1.Cl. The van der Waals surface area contributed by atoms with Gasteiger partial charge in [0.05, 0.1) is 17.6 Å². The number of halogens is 1. The van der Waals surface area contributed by atoms with Gasteiger partial charge in [-0.15, -0.1) is 12.4 Å². The molecule has 3 rings (SSSR count). The van der Waals surface area contributed by atoms with Gasteiger partial charge in [-0.2, -0.15) is 0 Å². The lowest BCUT2D eigenvalue weighted by molar-refractivity contribution is 0.174. The Morgan fingerprint density at radius 1 is 1.04 bits per heavy atom. The van der Waals surface area contributed by atoms with Crippen LogP contribution in [0.3, 0.4) is 0 Å². The van der Waals surface area contributed by atoms with Gasteiger partial charge in [0.1, 0.15) is 18.2 Å². The number of imidazole rings is 1. The molecule has 0 amide bonds. The first-order chi connectivity index (χ1) is 11.3. The summed E-state index contributed by atoms with van der Waals surface area (Å²) in [5.74, 6) is 1.88. The van der Waals surface area contributed by atoms with Gasteiger partial charge in [0.2, 0.25) is 0 Å². The van der Waals surface area contributed by atoms with Crippen molar-refractivity contribution < 1.29 is 9.47 Å². The lowest BCUT2D eigenvalue weighted by Crippen LogP contribution is -2.08. The van der Waals surface area contributed by atoms with E-state index in [1.165, 1.54) is 5.56 Å². The number of methoxy groups -OCH3 is 1. The van der Waals surface area contributed by atoms with Crippen LogP contribution in [0.2, 0.25) is 0 Å². The zero-order valence-corrected chi connectivity index (χ0v) is 14.9. The fourth-order valence-electron chi connectivity index (χ4n) is 2.66. The van der Waals surface area contributed by atoms with E-state index < -0.39 is 0 Å². The lowest BCUT2D eigenvalue weighted by Gasteiger charge is -2.10. The van der Waals surface area contributed by atoms with Crippen LogP contribution in [0.25, 0.3) is 11.0 Å². The van der Waals surface area contributed by atoms with Crippen molar-refractivity contribution >= 4 is 23.4 Å². The van der Waals surface area contributed by atoms with E-state index in [0.717, 1.165) is 35.6 Å². The fraction of sp³-hybridized carbons (Fsp3) is 0.316. The van der Waals surface area contributed by atoms with Gasteiger partial charge >= 0.3 is 0 Å². The molecule has 0 spiro atoms. The zero-order valence-electron chi connectivity index (χ0n) is 14.1. The Morgan fingerprint density at radius 2 is 1.79 bits per heavy atom. The number of aryl methyl sites for hydroxylation is 2. The van der Waals surface area contributed by atoms with E-state index in [4.69, 9.17) is 9.47 Å². The monoisotopic (exact) mass is 346 g/mol. The van der Waals surface area contributed by atoms with Crippen molar-refractivity contribution in [1.82, 2.24) is 9.55 Å². The van der Waals surface area contributed by atoms with E-state index in [1.54, 1.807) is 7.11 Å². The Hall–Kier alpha value is -2.04.